The minimum Gasteiger partial charge on any atom is -0.478 e. The van der Waals surface area contributed by atoms with Gasteiger partial charge in [-0.3, -0.25) is 0 Å². The predicted octanol–water partition coefficient (Wildman–Crippen LogP) is 4.00. The Labute approximate surface area is 154 Å². The Balaban J connectivity index is 1.63. The average molecular weight is 368 g/mol. The van der Waals surface area contributed by atoms with Crippen molar-refractivity contribution in [2.24, 2.45) is 5.92 Å². The second-order valence-electron chi connectivity index (χ2n) is 7.28. The van der Waals surface area contributed by atoms with Gasteiger partial charge in [-0.1, -0.05) is 11.8 Å². The molecule has 1 amide bonds. The lowest BCUT2D eigenvalue weighted by atomic mass is 9.92. The number of carbonyl (C=O) groups is 1. The van der Waals surface area contributed by atoms with Crippen LogP contribution < -0.4 is 4.74 Å². The number of hydrogen-bond donors (Lipinski definition) is 0. The summed E-state index contributed by atoms with van der Waals surface area (Å²) in [5.41, 5.74) is -0.428. The van der Waals surface area contributed by atoms with Crippen molar-refractivity contribution in [1.29, 1.82) is 0 Å². The molecule has 2 rings (SSSR count). The largest absolute Gasteiger partial charge is 0.478 e. The number of amides is 1. The molecule has 1 aliphatic heterocycles. The number of ether oxygens (including phenoxy) is 2. The zero-order valence-electron chi connectivity index (χ0n) is 15.7. The Morgan fingerprint density at radius 3 is 2.72 bits per heavy atom. The Morgan fingerprint density at radius 1 is 1.36 bits per heavy atom. The molecule has 0 bridgehead atoms. The lowest BCUT2D eigenvalue weighted by Crippen LogP contribution is -2.41. The molecule has 0 saturated carbocycles. The standard InChI is InChI=1S/C18H29N3O3S/c1-18(2,3)24-17(22)21-11-8-14(9-12-21)6-5-13-23-15-7-10-19-16(20-15)25-4/h7,10,14H,5-6,8-9,11-13H2,1-4H3. The first-order valence-corrected chi connectivity index (χ1v) is 10.1. The molecule has 1 fully saturated rings. The zero-order valence-corrected chi connectivity index (χ0v) is 16.5. The molecule has 0 spiro atoms. The van der Waals surface area contributed by atoms with Crippen LogP contribution in [0.2, 0.25) is 0 Å². The zero-order chi connectivity index (χ0) is 18.3. The highest BCUT2D eigenvalue weighted by molar-refractivity contribution is 7.98. The van der Waals surface area contributed by atoms with Crippen molar-refractivity contribution < 1.29 is 14.3 Å². The van der Waals surface area contributed by atoms with Crippen LogP contribution in [0.15, 0.2) is 17.4 Å². The number of likely N-dealkylation sites (tertiary alicyclic amines) is 1. The quantitative estimate of drug-likeness (QED) is 0.430. The van der Waals surface area contributed by atoms with E-state index in [0.717, 1.165) is 43.9 Å². The summed E-state index contributed by atoms with van der Waals surface area (Å²) in [5.74, 6) is 1.29. The molecule has 140 valence electrons. The Kier molecular flexibility index (Phi) is 7.35. The summed E-state index contributed by atoms with van der Waals surface area (Å²) in [6, 6.07) is 1.79. The fraction of sp³-hybridized carbons (Fsp3) is 0.722. The number of thioether (sulfide) groups is 1. The highest BCUT2D eigenvalue weighted by Crippen LogP contribution is 2.23. The number of carbonyl (C=O) groups excluding carboxylic acids is 1. The molecule has 0 atom stereocenters. The van der Waals surface area contributed by atoms with Crippen LogP contribution in [0.25, 0.3) is 0 Å². The second-order valence-corrected chi connectivity index (χ2v) is 8.06. The summed E-state index contributed by atoms with van der Waals surface area (Å²) in [6.07, 6.45) is 7.65. The van der Waals surface area contributed by atoms with Crippen LogP contribution in [0.3, 0.4) is 0 Å². The maximum absolute atomic E-state index is 12.1. The number of hydrogen-bond acceptors (Lipinski definition) is 6. The number of nitrogens with zero attached hydrogens (tertiary/aromatic N) is 3. The molecule has 25 heavy (non-hydrogen) atoms. The lowest BCUT2D eigenvalue weighted by Gasteiger charge is -2.33. The molecule has 0 aliphatic carbocycles. The molecular formula is C18H29N3O3S. The van der Waals surface area contributed by atoms with Gasteiger partial charge in [-0.15, -0.1) is 0 Å². The summed E-state index contributed by atoms with van der Waals surface area (Å²) in [7, 11) is 0. The summed E-state index contributed by atoms with van der Waals surface area (Å²) >= 11 is 1.51. The fourth-order valence-electron chi connectivity index (χ4n) is 2.78. The van der Waals surface area contributed by atoms with Crippen LogP contribution in [0.1, 0.15) is 46.5 Å². The van der Waals surface area contributed by atoms with Crippen LogP contribution in [0, 0.1) is 5.92 Å². The van der Waals surface area contributed by atoms with E-state index < -0.39 is 5.60 Å². The third kappa shape index (κ3) is 7.10. The van der Waals surface area contributed by atoms with E-state index in [4.69, 9.17) is 9.47 Å². The van der Waals surface area contributed by atoms with E-state index in [0.29, 0.717) is 18.4 Å². The molecule has 1 aromatic rings. The smallest absolute Gasteiger partial charge is 0.410 e. The first-order chi connectivity index (χ1) is 11.9. The van der Waals surface area contributed by atoms with Crippen LogP contribution in [-0.2, 0) is 4.74 Å². The third-order valence-corrected chi connectivity index (χ3v) is 4.63. The van der Waals surface area contributed by atoms with E-state index in [9.17, 15) is 4.79 Å². The predicted molar refractivity (Wildman–Crippen MR) is 99.1 cm³/mol. The van der Waals surface area contributed by atoms with Gasteiger partial charge in [0.1, 0.15) is 5.60 Å². The molecule has 6 nitrogen and oxygen atoms in total. The van der Waals surface area contributed by atoms with Gasteiger partial charge < -0.3 is 14.4 Å². The Hall–Kier alpha value is -1.50. The van der Waals surface area contributed by atoms with E-state index in [1.54, 1.807) is 12.3 Å². The highest BCUT2D eigenvalue weighted by Gasteiger charge is 2.26. The monoisotopic (exact) mass is 367 g/mol. The van der Waals surface area contributed by atoms with Gasteiger partial charge >= 0.3 is 6.09 Å². The van der Waals surface area contributed by atoms with Gasteiger partial charge in [-0.2, -0.15) is 4.98 Å². The van der Waals surface area contributed by atoms with Gasteiger partial charge in [0.05, 0.1) is 6.61 Å². The van der Waals surface area contributed by atoms with Crippen LogP contribution in [0.5, 0.6) is 5.88 Å². The maximum Gasteiger partial charge on any atom is 0.410 e. The van der Waals surface area contributed by atoms with E-state index in [1.165, 1.54) is 11.8 Å². The minimum absolute atomic E-state index is 0.192. The van der Waals surface area contributed by atoms with Crippen molar-refractivity contribution >= 4 is 17.9 Å². The third-order valence-electron chi connectivity index (χ3n) is 4.06. The van der Waals surface area contributed by atoms with Crippen molar-refractivity contribution in [2.75, 3.05) is 26.0 Å². The van der Waals surface area contributed by atoms with E-state index >= 15 is 0 Å². The molecule has 2 heterocycles. The van der Waals surface area contributed by atoms with Crippen molar-refractivity contribution in [2.45, 2.75) is 57.2 Å². The molecule has 0 radical (unpaired) electrons. The number of rotatable bonds is 6. The van der Waals surface area contributed by atoms with Crippen molar-refractivity contribution in [1.82, 2.24) is 14.9 Å². The van der Waals surface area contributed by atoms with Gasteiger partial charge in [-0.25, -0.2) is 9.78 Å². The van der Waals surface area contributed by atoms with E-state index in [-0.39, 0.29) is 6.09 Å². The second kappa shape index (κ2) is 9.27. The minimum atomic E-state index is -0.428. The van der Waals surface area contributed by atoms with Gasteiger partial charge in [0, 0.05) is 25.4 Å². The van der Waals surface area contributed by atoms with Crippen LogP contribution >= 0.6 is 11.8 Å². The molecule has 0 N–H and O–H groups in total. The van der Waals surface area contributed by atoms with E-state index in [1.807, 2.05) is 31.9 Å². The maximum atomic E-state index is 12.1. The number of piperidine rings is 1. The normalized spacial score (nSPS) is 15.9. The summed E-state index contributed by atoms with van der Waals surface area (Å²) < 4.78 is 11.1. The Bertz CT molecular complexity index is 555. The van der Waals surface area contributed by atoms with Gasteiger partial charge in [0.25, 0.3) is 0 Å². The molecule has 1 aliphatic rings. The summed E-state index contributed by atoms with van der Waals surface area (Å²) in [6.45, 7) is 7.93. The van der Waals surface area contributed by atoms with E-state index in [2.05, 4.69) is 9.97 Å². The van der Waals surface area contributed by atoms with Gasteiger partial charge in [0.15, 0.2) is 5.16 Å². The Morgan fingerprint density at radius 2 is 2.08 bits per heavy atom. The molecule has 0 aromatic carbocycles. The lowest BCUT2D eigenvalue weighted by molar-refractivity contribution is 0.0179. The SMILES string of the molecule is CSc1nccc(OCCCC2CCN(C(=O)OC(C)(C)C)CC2)n1. The van der Waals surface area contributed by atoms with Crippen molar-refractivity contribution in [3.05, 3.63) is 12.3 Å². The first kappa shape index (κ1) is 19.8. The van der Waals surface area contributed by atoms with Crippen molar-refractivity contribution in [3.8, 4) is 5.88 Å². The fourth-order valence-corrected chi connectivity index (χ4v) is 3.13. The van der Waals surface area contributed by atoms with Crippen LogP contribution in [0.4, 0.5) is 4.79 Å². The number of aromatic nitrogens is 2. The van der Waals surface area contributed by atoms with Gasteiger partial charge in [-0.05, 0) is 58.6 Å². The summed E-state index contributed by atoms with van der Waals surface area (Å²) in [4.78, 5) is 22.3. The molecule has 1 saturated heterocycles. The molecule has 7 heteroatoms. The van der Waals surface area contributed by atoms with Crippen LogP contribution in [-0.4, -0.2) is 52.5 Å². The molecule has 1 aromatic heterocycles. The molecular weight excluding hydrogens is 338 g/mol. The first-order valence-electron chi connectivity index (χ1n) is 8.85. The summed E-state index contributed by atoms with van der Waals surface area (Å²) in [5, 5.41) is 0.729. The highest BCUT2D eigenvalue weighted by atomic mass is 32.2. The topological polar surface area (TPSA) is 64.5 Å². The average Bonchev–Trinajstić information content (AvgIpc) is 2.58. The molecule has 0 unspecified atom stereocenters. The van der Waals surface area contributed by atoms with Crippen molar-refractivity contribution in [3.63, 3.8) is 0 Å². The van der Waals surface area contributed by atoms with Gasteiger partial charge in [0.2, 0.25) is 5.88 Å².